The highest BCUT2D eigenvalue weighted by atomic mass is 32.1. The zero-order chi connectivity index (χ0) is 17.7. The molecule has 1 aromatic carbocycles. The fourth-order valence-electron chi connectivity index (χ4n) is 1.83. The summed E-state index contributed by atoms with van der Waals surface area (Å²) in [5.74, 6) is -0.248. The highest BCUT2D eigenvalue weighted by molar-refractivity contribution is 7.15. The molecular weight excluding hydrogens is 338 g/mol. The van der Waals surface area contributed by atoms with E-state index in [9.17, 15) is 13.6 Å². The number of rotatable bonds is 6. The molecule has 0 spiro atoms. The molecule has 128 valence electrons. The van der Waals surface area contributed by atoms with Crippen LogP contribution in [-0.2, 0) is 4.79 Å². The topological polar surface area (TPSA) is 60.5 Å². The molecule has 1 heterocycles. The largest absolute Gasteiger partial charge is 0.493 e. The summed E-state index contributed by atoms with van der Waals surface area (Å²) < 4.78 is 33.9. The molecule has 0 aliphatic rings. The summed E-state index contributed by atoms with van der Waals surface area (Å²) in [5.41, 5.74) is 1.48. The van der Waals surface area contributed by atoms with Crippen molar-refractivity contribution < 1.29 is 23.0 Å². The second kappa shape index (κ2) is 7.87. The lowest BCUT2D eigenvalue weighted by atomic mass is 10.2. The highest BCUT2D eigenvalue weighted by Gasteiger charge is 2.10. The van der Waals surface area contributed by atoms with Gasteiger partial charge in [0.15, 0.2) is 16.6 Å². The number of halogens is 2. The van der Waals surface area contributed by atoms with E-state index in [2.05, 4.69) is 15.0 Å². The number of ether oxygens (including phenoxy) is 2. The molecule has 2 rings (SSSR count). The Labute approximate surface area is 141 Å². The Bertz CT molecular complexity index is 740. The third kappa shape index (κ3) is 4.76. The SMILES string of the molecule is COc1cc(/C=C/C(=O)Nc2nc(C)c(C)s2)ccc1OC(F)F. The third-order valence-electron chi connectivity index (χ3n) is 3.09. The van der Waals surface area contributed by atoms with Crippen LogP contribution in [0.3, 0.4) is 0 Å². The number of anilines is 1. The van der Waals surface area contributed by atoms with Crippen LogP contribution in [0.2, 0.25) is 0 Å². The van der Waals surface area contributed by atoms with Gasteiger partial charge in [-0.2, -0.15) is 8.78 Å². The number of aryl methyl sites for hydroxylation is 2. The molecule has 1 amide bonds. The van der Waals surface area contributed by atoms with E-state index in [1.807, 2.05) is 13.8 Å². The molecule has 24 heavy (non-hydrogen) atoms. The van der Waals surface area contributed by atoms with Crippen LogP contribution in [0.4, 0.5) is 13.9 Å². The first kappa shape index (κ1) is 17.9. The first-order valence-corrected chi connectivity index (χ1v) is 7.76. The molecule has 0 radical (unpaired) electrons. The number of carbonyl (C=O) groups excluding carboxylic acids is 1. The monoisotopic (exact) mass is 354 g/mol. The van der Waals surface area contributed by atoms with Crippen LogP contribution in [-0.4, -0.2) is 24.6 Å². The second-order valence-electron chi connectivity index (χ2n) is 4.77. The normalized spacial score (nSPS) is 11.1. The molecule has 8 heteroatoms. The Morgan fingerprint density at radius 2 is 2.08 bits per heavy atom. The molecule has 0 unspecified atom stereocenters. The molecule has 0 atom stereocenters. The van der Waals surface area contributed by atoms with E-state index in [4.69, 9.17) is 4.74 Å². The van der Waals surface area contributed by atoms with Gasteiger partial charge in [0.05, 0.1) is 12.8 Å². The van der Waals surface area contributed by atoms with Gasteiger partial charge in [0.25, 0.3) is 0 Å². The van der Waals surface area contributed by atoms with Crippen molar-refractivity contribution >= 4 is 28.5 Å². The lowest BCUT2D eigenvalue weighted by Gasteiger charge is -2.10. The van der Waals surface area contributed by atoms with Crippen molar-refractivity contribution in [2.75, 3.05) is 12.4 Å². The molecule has 5 nitrogen and oxygen atoms in total. The van der Waals surface area contributed by atoms with E-state index in [-0.39, 0.29) is 17.4 Å². The van der Waals surface area contributed by atoms with Gasteiger partial charge in [-0.15, -0.1) is 11.3 Å². The zero-order valence-corrected chi connectivity index (χ0v) is 14.1. The van der Waals surface area contributed by atoms with Crippen LogP contribution in [0.15, 0.2) is 24.3 Å². The van der Waals surface area contributed by atoms with Gasteiger partial charge in [-0.25, -0.2) is 4.98 Å². The van der Waals surface area contributed by atoms with Gasteiger partial charge in [0.1, 0.15) is 0 Å². The molecule has 0 aliphatic heterocycles. The Balaban J connectivity index is 2.06. The highest BCUT2D eigenvalue weighted by Crippen LogP contribution is 2.29. The van der Waals surface area contributed by atoms with E-state index in [0.29, 0.717) is 10.7 Å². The van der Waals surface area contributed by atoms with Gasteiger partial charge >= 0.3 is 6.61 Å². The summed E-state index contributed by atoms with van der Waals surface area (Å²) in [6, 6.07) is 4.40. The van der Waals surface area contributed by atoms with Crippen LogP contribution in [0.5, 0.6) is 11.5 Å². The fraction of sp³-hybridized carbons (Fsp3) is 0.250. The molecule has 1 aromatic heterocycles. The van der Waals surface area contributed by atoms with Gasteiger partial charge in [0, 0.05) is 11.0 Å². The van der Waals surface area contributed by atoms with E-state index in [1.54, 1.807) is 6.07 Å². The summed E-state index contributed by atoms with van der Waals surface area (Å²) in [5, 5.41) is 3.19. The van der Waals surface area contributed by atoms with Gasteiger partial charge in [0.2, 0.25) is 5.91 Å². The smallest absolute Gasteiger partial charge is 0.387 e. The van der Waals surface area contributed by atoms with E-state index in [1.165, 1.54) is 42.7 Å². The first-order valence-electron chi connectivity index (χ1n) is 6.95. The summed E-state index contributed by atoms with van der Waals surface area (Å²) in [6.45, 7) is 0.858. The number of nitrogens with zero attached hydrogens (tertiary/aromatic N) is 1. The van der Waals surface area contributed by atoms with Crippen molar-refractivity contribution in [3.63, 3.8) is 0 Å². The number of nitrogens with one attached hydrogen (secondary N) is 1. The van der Waals surface area contributed by atoms with Crippen molar-refractivity contribution in [3.05, 3.63) is 40.4 Å². The average Bonchev–Trinajstić information content (AvgIpc) is 2.83. The number of amides is 1. The predicted molar refractivity (Wildman–Crippen MR) is 88.9 cm³/mol. The number of hydrogen-bond acceptors (Lipinski definition) is 5. The maximum atomic E-state index is 12.3. The van der Waals surface area contributed by atoms with E-state index >= 15 is 0 Å². The van der Waals surface area contributed by atoms with E-state index in [0.717, 1.165) is 10.6 Å². The van der Waals surface area contributed by atoms with Crippen molar-refractivity contribution in [2.24, 2.45) is 0 Å². The minimum atomic E-state index is -2.93. The van der Waals surface area contributed by atoms with Gasteiger partial charge in [-0.3, -0.25) is 10.1 Å². The Kier molecular flexibility index (Phi) is 5.86. The summed E-state index contributed by atoms with van der Waals surface area (Å²) in [7, 11) is 1.35. The Morgan fingerprint density at radius 1 is 1.33 bits per heavy atom. The second-order valence-corrected chi connectivity index (χ2v) is 5.98. The van der Waals surface area contributed by atoms with E-state index < -0.39 is 6.61 Å². The Hall–Kier alpha value is -2.48. The maximum Gasteiger partial charge on any atom is 0.387 e. The van der Waals surface area contributed by atoms with Crippen molar-refractivity contribution in [3.8, 4) is 11.5 Å². The molecular formula is C16H16F2N2O3S. The minimum absolute atomic E-state index is 0.0668. The molecule has 0 saturated carbocycles. The first-order chi connectivity index (χ1) is 11.4. The number of carbonyl (C=O) groups is 1. The van der Waals surface area contributed by atoms with Crippen LogP contribution in [0.1, 0.15) is 16.1 Å². The van der Waals surface area contributed by atoms with Crippen LogP contribution < -0.4 is 14.8 Å². The summed E-state index contributed by atoms with van der Waals surface area (Å²) in [4.78, 5) is 17.1. The number of benzene rings is 1. The molecule has 1 N–H and O–H groups in total. The quantitative estimate of drug-likeness (QED) is 0.796. The molecule has 0 aliphatic carbocycles. The number of thiazole rings is 1. The Morgan fingerprint density at radius 3 is 2.67 bits per heavy atom. The predicted octanol–water partition coefficient (Wildman–Crippen LogP) is 4.02. The number of aromatic nitrogens is 1. The van der Waals surface area contributed by atoms with Gasteiger partial charge < -0.3 is 9.47 Å². The minimum Gasteiger partial charge on any atom is -0.493 e. The van der Waals surface area contributed by atoms with Crippen LogP contribution in [0, 0.1) is 13.8 Å². The molecule has 0 fully saturated rings. The summed E-state index contributed by atoms with van der Waals surface area (Å²) >= 11 is 1.39. The lowest BCUT2D eigenvalue weighted by Crippen LogP contribution is -2.07. The molecule has 0 saturated heterocycles. The summed E-state index contributed by atoms with van der Waals surface area (Å²) in [6.07, 6.45) is 2.87. The number of hydrogen-bond donors (Lipinski definition) is 1. The number of alkyl halides is 2. The van der Waals surface area contributed by atoms with Crippen LogP contribution in [0.25, 0.3) is 6.08 Å². The van der Waals surface area contributed by atoms with Gasteiger partial charge in [-0.05, 0) is 37.6 Å². The van der Waals surface area contributed by atoms with Gasteiger partial charge in [-0.1, -0.05) is 6.07 Å². The fourth-order valence-corrected chi connectivity index (χ4v) is 2.64. The van der Waals surface area contributed by atoms with Crippen molar-refractivity contribution in [1.82, 2.24) is 4.98 Å². The molecule has 0 bridgehead atoms. The lowest BCUT2D eigenvalue weighted by molar-refractivity contribution is -0.111. The zero-order valence-electron chi connectivity index (χ0n) is 13.3. The standard InChI is InChI=1S/C16H16F2N2O3S/c1-9-10(2)24-16(19-9)20-14(21)7-5-11-4-6-12(23-15(17)18)13(8-11)22-3/h4-8,15H,1-3H3,(H,19,20,21)/b7-5+. The maximum absolute atomic E-state index is 12.3. The molecule has 2 aromatic rings. The van der Waals surface area contributed by atoms with Crippen molar-refractivity contribution in [1.29, 1.82) is 0 Å². The third-order valence-corrected chi connectivity index (χ3v) is 4.08. The number of methoxy groups -OCH3 is 1. The van der Waals surface area contributed by atoms with Crippen molar-refractivity contribution in [2.45, 2.75) is 20.5 Å². The average molecular weight is 354 g/mol. The van der Waals surface area contributed by atoms with Crippen LogP contribution >= 0.6 is 11.3 Å².